The van der Waals surface area contributed by atoms with Crippen LogP contribution in [-0.4, -0.2) is 53.2 Å². The van der Waals surface area contributed by atoms with Gasteiger partial charge >= 0.3 is 0 Å². The first-order chi connectivity index (χ1) is 11.6. The topological polar surface area (TPSA) is 96.5 Å². The maximum absolute atomic E-state index is 12.2. The van der Waals surface area contributed by atoms with E-state index in [0.29, 0.717) is 30.8 Å². The van der Waals surface area contributed by atoms with E-state index in [1.54, 1.807) is 52.1 Å². The fraction of sp³-hybridized carbons (Fsp3) is 0.588. The molecule has 26 heavy (non-hydrogen) atoms. The van der Waals surface area contributed by atoms with Crippen molar-refractivity contribution in [3.8, 4) is 0 Å². The van der Waals surface area contributed by atoms with Crippen molar-refractivity contribution in [3.05, 3.63) is 35.4 Å². The van der Waals surface area contributed by atoms with Gasteiger partial charge < -0.3 is 15.4 Å². The molecule has 0 radical (unpaired) electrons. The highest BCUT2D eigenvalue weighted by Crippen LogP contribution is 2.11. The number of hydrogen-bond acceptors (Lipinski definition) is 5. The van der Waals surface area contributed by atoms with Crippen molar-refractivity contribution in [2.24, 2.45) is 0 Å². The average molecular weight is 408 g/mol. The Labute approximate surface area is 162 Å². The van der Waals surface area contributed by atoms with E-state index in [-0.39, 0.29) is 24.1 Å². The van der Waals surface area contributed by atoms with Gasteiger partial charge in [-0.05, 0) is 38.5 Å². The molecule has 150 valence electrons. The van der Waals surface area contributed by atoms with Crippen LogP contribution in [0.5, 0.6) is 0 Å². The van der Waals surface area contributed by atoms with Gasteiger partial charge in [0, 0.05) is 37.8 Å². The van der Waals surface area contributed by atoms with Gasteiger partial charge in [0.05, 0.1) is 12.4 Å². The Kier molecular flexibility index (Phi) is 11.0. The van der Waals surface area contributed by atoms with Gasteiger partial charge in [-0.15, -0.1) is 12.4 Å². The summed E-state index contributed by atoms with van der Waals surface area (Å²) in [6, 6.07) is 6.66. The van der Waals surface area contributed by atoms with Gasteiger partial charge in [0.2, 0.25) is 10.0 Å². The van der Waals surface area contributed by atoms with E-state index in [4.69, 9.17) is 4.74 Å². The lowest BCUT2D eigenvalue weighted by Gasteiger charge is -2.20. The molecule has 0 saturated carbocycles. The fourth-order valence-electron chi connectivity index (χ4n) is 2.19. The first-order valence-corrected chi connectivity index (χ1v) is 9.87. The minimum atomic E-state index is -3.47. The number of sulfonamides is 1. The van der Waals surface area contributed by atoms with E-state index < -0.39 is 15.6 Å². The third-order valence-electron chi connectivity index (χ3n) is 3.08. The van der Waals surface area contributed by atoms with Crippen molar-refractivity contribution in [2.75, 3.05) is 33.4 Å². The van der Waals surface area contributed by atoms with Crippen molar-refractivity contribution in [2.45, 2.75) is 32.1 Å². The smallest absolute Gasteiger partial charge is 0.251 e. The number of amides is 1. The third-order valence-corrected chi connectivity index (χ3v) is 4.71. The normalized spacial score (nSPS) is 11.7. The lowest BCUT2D eigenvalue weighted by Crippen LogP contribution is -2.41. The van der Waals surface area contributed by atoms with Crippen LogP contribution in [0.2, 0.25) is 0 Å². The average Bonchev–Trinajstić information content (AvgIpc) is 2.47. The Hall–Kier alpha value is -1.19. The number of methoxy groups -OCH3 is 1. The number of carbonyl (C=O) groups excluding carboxylic acids is 1. The van der Waals surface area contributed by atoms with Crippen LogP contribution in [-0.2, 0) is 20.5 Å². The van der Waals surface area contributed by atoms with Crippen LogP contribution in [0.15, 0.2) is 24.3 Å². The summed E-state index contributed by atoms with van der Waals surface area (Å²) in [7, 11) is -1.84. The second-order valence-electron chi connectivity index (χ2n) is 6.81. The number of halogens is 1. The molecule has 0 aliphatic rings. The molecule has 0 fully saturated rings. The molecule has 0 aliphatic heterocycles. The summed E-state index contributed by atoms with van der Waals surface area (Å²) in [5, 5.41) is 5.93. The molecule has 0 saturated heterocycles. The van der Waals surface area contributed by atoms with Crippen LogP contribution in [0.3, 0.4) is 0 Å². The highest BCUT2D eigenvalue weighted by Gasteiger charge is 2.20. The summed E-state index contributed by atoms with van der Waals surface area (Å²) in [6.45, 7) is 7.82. The molecule has 7 nitrogen and oxygen atoms in total. The molecule has 0 spiro atoms. The van der Waals surface area contributed by atoms with E-state index >= 15 is 0 Å². The molecular formula is C17H30ClN3O4S. The fourth-order valence-corrected chi connectivity index (χ4v) is 3.81. The van der Waals surface area contributed by atoms with Crippen molar-refractivity contribution in [1.29, 1.82) is 0 Å². The number of ether oxygens (including phenoxy) is 1. The lowest BCUT2D eigenvalue weighted by molar-refractivity contribution is 0.0953. The maximum atomic E-state index is 12.2. The van der Waals surface area contributed by atoms with E-state index in [1.807, 2.05) is 0 Å². The van der Waals surface area contributed by atoms with E-state index in [9.17, 15) is 13.2 Å². The number of hydrogen-bond donors (Lipinski definition) is 3. The Bertz CT molecular complexity index is 660. The SMILES string of the molecule is COCCNCCNC(=O)c1cccc(CS(=O)(=O)NC(C)(C)C)c1.Cl. The minimum absolute atomic E-state index is 0. The zero-order valence-corrected chi connectivity index (χ0v) is 17.4. The summed E-state index contributed by atoms with van der Waals surface area (Å²) in [4.78, 5) is 12.2. The Morgan fingerprint density at radius 2 is 1.85 bits per heavy atom. The largest absolute Gasteiger partial charge is 0.383 e. The number of carbonyl (C=O) groups is 1. The summed E-state index contributed by atoms with van der Waals surface area (Å²) in [5.74, 6) is -0.388. The van der Waals surface area contributed by atoms with Crippen molar-refractivity contribution < 1.29 is 17.9 Å². The zero-order chi connectivity index (χ0) is 18.9. The number of benzene rings is 1. The van der Waals surface area contributed by atoms with Gasteiger partial charge in [-0.3, -0.25) is 4.79 Å². The quantitative estimate of drug-likeness (QED) is 0.508. The summed E-state index contributed by atoms with van der Waals surface area (Å²) in [5.41, 5.74) is 0.479. The summed E-state index contributed by atoms with van der Waals surface area (Å²) in [6.07, 6.45) is 0. The predicted molar refractivity (Wildman–Crippen MR) is 106 cm³/mol. The summed E-state index contributed by atoms with van der Waals surface area (Å²) < 4.78 is 31.8. The first-order valence-electron chi connectivity index (χ1n) is 8.21. The van der Waals surface area contributed by atoms with Crippen LogP contribution in [0.4, 0.5) is 0 Å². The number of rotatable bonds is 10. The molecule has 0 aromatic heterocycles. The molecule has 0 atom stereocenters. The minimum Gasteiger partial charge on any atom is -0.383 e. The van der Waals surface area contributed by atoms with Crippen molar-refractivity contribution >= 4 is 28.3 Å². The molecule has 0 heterocycles. The van der Waals surface area contributed by atoms with Crippen LogP contribution in [0.25, 0.3) is 0 Å². The third kappa shape index (κ3) is 10.7. The Morgan fingerprint density at radius 3 is 2.46 bits per heavy atom. The van der Waals surface area contributed by atoms with Crippen molar-refractivity contribution in [1.82, 2.24) is 15.4 Å². The van der Waals surface area contributed by atoms with Crippen LogP contribution in [0.1, 0.15) is 36.7 Å². The molecule has 3 N–H and O–H groups in total. The van der Waals surface area contributed by atoms with Gasteiger partial charge in [-0.2, -0.15) is 0 Å². The van der Waals surface area contributed by atoms with Gasteiger partial charge in [-0.1, -0.05) is 12.1 Å². The molecule has 0 aliphatic carbocycles. The number of nitrogens with one attached hydrogen (secondary N) is 3. The highest BCUT2D eigenvalue weighted by atomic mass is 35.5. The van der Waals surface area contributed by atoms with Gasteiger partial charge in [0.1, 0.15) is 0 Å². The second kappa shape index (κ2) is 11.5. The van der Waals surface area contributed by atoms with E-state index in [2.05, 4.69) is 15.4 Å². The molecule has 0 unspecified atom stereocenters. The standard InChI is InChI=1S/C17H29N3O4S.ClH/c1-17(2,3)20-25(22,23)13-14-6-5-7-15(12-14)16(21)19-9-8-18-10-11-24-4;/h5-7,12,18,20H,8-11,13H2,1-4H3,(H,19,21);1H. The van der Waals surface area contributed by atoms with Crippen molar-refractivity contribution in [3.63, 3.8) is 0 Å². The van der Waals surface area contributed by atoms with E-state index in [1.165, 1.54) is 0 Å². The second-order valence-corrected chi connectivity index (χ2v) is 8.53. The predicted octanol–water partition coefficient (Wildman–Crippen LogP) is 1.29. The van der Waals surface area contributed by atoms with Crippen LogP contribution >= 0.6 is 12.4 Å². The maximum Gasteiger partial charge on any atom is 0.251 e. The summed E-state index contributed by atoms with van der Waals surface area (Å²) >= 11 is 0. The highest BCUT2D eigenvalue weighted by molar-refractivity contribution is 7.88. The zero-order valence-electron chi connectivity index (χ0n) is 15.8. The lowest BCUT2D eigenvalue weighted by atomic mass is 10.1. The monoisotopic (exact) mass is 407 g/mol. The van der Waals surface area contributed by atoms with Crippen LogP contribution < -0.4 is 15.4 Å². The molecule has 0 bridgehead atoms. The molecule has 1 amide bonds. The Morgan fingerprint density at radius 1 is 1.15 bits per heavy atom. The molecule has 1 aromatic carbocycles. The first kappa shape index (κ1) is 24.8. The van der Waals surface area contributed by atoms with Gasteiger partial charge in [0.25, 0.3) is 5.91 Å². The van der Waals surface area contributed by atoms with Gasteiger partial charge in [0.15, 0.2) is 0 Å². The van der Waals surface area contributed by atoms with Crippen LogP contribution in [0, 0.1) is 0 Å². The molecule has 1 rings (SSSR count). The molecule has 1 aromatic rings. The van der Waals surface area contributed by atoms with Gasteiger partial charge in [-0.25, -0.2) is 13.1 Å². The Balaban J connectivity index is 0.00000625. The molecular weight excluding hydrogens is 378 g/mol. The molecule has 9 heteroatoms. The van der Waals surface area contributed by atoms with E-state index in [0.717, 1.165) is 6.54 Å².